The van der Waals surface area contributed by atoms with Gasteiger partial charge in [-0.25, -0.2) is 24.7 Å². The number of hydrogen-bond donors (Lipinski definition) is 6. The molecule has 0 unspecified atom stereocenters. The second kappa shape index (κ2) is 18.5. The fraction of sp³-hybridized carbons (Fsp3) is 0.390. The molecule has 2 aromatic carbocycles. The molecule has 14 nitrogen and oxygen atoms in total. The molecule has 0 aliphatic carbocycles. The number of likely N-dealkylation sites (tertiary alicyclic amines) is 2. The van der Waals surface area contributed by atoms with Crippen molar-refractivity contribution in [2.45, 2.75) is 63.4 Å². The van der Waals surface area contributed by atoms with Crippen molar-refractivity contribution in [3.05, 3.63) is 83.4 Å². The van der Waals surface area contributed by atoms with Gasteiger partial charge in [-0.05, 0) is 59.8 Å². The summed E-state index contributed by atoms with van der Waals surface area (Å²) in [5.41, 5.74) is 11.0. The monoisotopic (exact) mass is 848 g/mol. The predicted molar refractivity (Wildman–Crippen MR) is 236 cm³/mol. The van der Waals surface area contributed by atoms with Crippen LogP contribution < -0.4 is 21.7 Å². The number of H-pyrrole nitrogens is 2. The summed E-state index contributed by atoms with van der Waals surface area (Å²) in [5, 5.41) is 13.0. The lowest BCUT2D eigenvalue weighted by atomic mass is 10.0. The van der Waals surface area contributed by atoms with Crippen LogP contribution in [-0.4, -0.2) is 116 Å². The van der Waals surface area contributed by atoms with Crippen molar-refractivity contribution in [1.82, 2.24) is 45.0 Å². The molecule has 6 heterocycles. The van der Waals surface area contributed by atoms with E-state index in [4.69, 9.17) is 38.7 Å². The Labute approximate surface area is 354 Å². The molecule has 1 amide bonds. The average Bonchev–Trinajstić information content (AvgIpc) is 3.77. The van der Waals surface area contributed by atoms with E-state index in [2.05, 4.69) is 63.8 Å². The molecule has 308 valence electrons. The van der Waals surface area contributed by atoms with E-state index in [0.29, 0.717) is 27.6 Å². The molecule has 0 bridgehead atoms. The molecule has 0 spiro atoms. The molecule has 7 N–H and O–H groups in total. The molecule has 2 aliphatic rings. The number of aromatic nitrogens is 6. The first-order chi connectivity index (χ1) is 27.3. The van der Waals surface area contributed by atoms with E-state index in [-0.39, 0.29) is 36.6 Å². The van der Waals surface area contributed by atoms with Crippen molar-refractivity contribution in [1.29, 1.82) is 0 Å². The Hall–Kier alpha value is -4.70. The first-order valence-electron chi connectivity index (χ1n) is 19.1. The lowest BCUT2D eigenvalue weighted by Crippen LogP contribution is -2.53. The van der Waals surface area contributed by atoms with E-state index < -0.39 is 11.7 Å². The van der Waals surface area contributed by atoms with E-state index in [1.807, 2.05) is 82.7 Å². The molecule has 2 fully saturated rings. The number of halogens is 3. The molecule has 4 atom stereocenters. The summed E-state index contributed by atoms with van der Waals surface area (Å²) in [5.74, 6) is 1.09. The molecule has 58 heavy (non-hydrogen) atoms. The number of para-hydroxylation sites is 2. The molecule has 4 aromatic heterocycles. The number of carbonyl (C=O) groups is 1. The van der Waals surface area contributed by atoms with Crippen LogP contribution in [0.1, 0.15) is 33.6 Å². The molecule has 17 heteroatoms. The predicted octanol–water partition coefficient (Wildman–Crippen LogP) is 7.43. The third kappa shape index (κ3) is 10.7. The van der Waals surface area contributed by atoms with Crippen molar-refractivity contribution in [3.8, 4) is 22.5 Å². The Bertz CT molecular complexity index is 2320. The summed E-state index contributed by atoms with van der Waals surface area (Å²) in [7, 11) is 4.10. The molecule has 0 radical (unpaired) electrons. The third-order valence-corrected chi connectivity index (χ3v) is 10.4. The number of aromatic amines is 2. The standard InChI is InChI=1S/C23H29ClN6O2.C18H21ClN6.ClH/c1-23(2,3)32-22(31)28-15-9-14(12-30(4)13-15)27-21-26-11-18(24)20(29-21)17-10-25-19-8-6-5-7-16(17)19;1-25-9-11(20)6-12(10-25)23-18-22-8-15(19)17(24-18)14-7-21-16-5-3-2-4-13(14)16;/h5-8,10-11,14-15,25H,9,12-13H2,1-4H3,(H,28,31)(H,26,27,29);2-5,7-8,11-12,21H,6,9-10,20H2,1H3,(H,22,23,24);1H/t14-,15+;11-,12+;/m10./s1. The second-order valence-electron chi connectivity index (χ2n) is 16.0. The second-order valence-corrected chi connectivity index (χ2v) is 16.8. The summed E-state index contributed by atoms with van der Waals surface area (Å²) >= 11 is 12.8. The van der Waals surface area contributed by atoms with Gasteiger partial charge in [-0.3, -0.25) is 0 Å². The van der Waals surface area contributed by atoms with Crippen LogP contribution in [0.15, 0.2) is 73.3 Å². The number of amides is 1. The number of nitrogens with zero attached hydrogens (tertiary/aromatic N) is 6. The van der Waals surface area contributed by atoms with Crippen LogP contribution in [0.25, 0.3) is 44.3 Å². The Kier molecular flexibility index (Phi) is 13.7. The summed E-state index contributed by atoms with van der Waals surface area (Å²) in [4.78, 5) is 41.2. The number of nitrogens with two attached hydrogens (primary N) is 1. The lowest BCUT2D eigenvalue weighted by Gasteiger charge is -2.36. The number of rotatable bonds is 7. The Morgan fingerprint density at radius 1 is 0.759 bits per heavy atom. The zero-order chi connectivity index (χ0) is 40.3. The van der Waals surface area contributed by atoms with Gasteiger partial charge in [0.05, 0.1) is 33.8 Å². The first kappa shape index (κ1) is 42.9. The SMILES string of the molecule is CN1C[C@@H](N)C[C@@H](Nc2ncc(Cl)c(-c3c[nH]c4ccccc34)n2)C1.CN1C[C@@H](NC(=O)OC(C)(C)C)C[C@@H](Nc2ncc(Cl)c(-c3c[nH]c4ccccc34)n2)C1.Cl. The van der Waals surface area contributed by atoms with Crippen molar-refractivity contribution in [2.75, 3.05) is 50.9 Å². The van der Waals surface area contributed by atoms with Crippen molar-refractivity contribution >= 4 is 75.4 Å². The zero-order valence-corrected chi connectivity index (χ0v) is 35.5. The summed E-state index contributed by atoms with van der Waals surface area (Å²) in [6.07, 6.45) is 8.36. The summed E-state index contributed by atoms with van der Waals surface area (Å²) in [6.45, 7) is 8.95. The minimum atomic E-state index is -0.530. The number of alkyl carbamates (subject to hydrolysis) is 1. The van der Waals surface area contributed by atoms with Gasteiger partial charge in [0.1, 0.15) is 5.60 Å². The van der Waals surface area contributed by atoms with Gasteiger partial charge in [0.2, 0.25) is 11.9 Å². The quantitative estimate of drug-likeness (QED) is 0.0942. The van der Waals surface area contributed by atoms with Gasteiger partial charge in [0.15, 0.2) is 0 Å². The normalized spacial score (nSPS) is 20.1. The zero-order valence-electron chi connectivity index (χ0n) is 33.2. The number of fused-ring (bicyclic) bond motifs is 2. The minimum absolute atomic E-state index is 0. The maximum absolute atomic E-state index is 12.2. The first-order valence-corrected chi connectivity index (χ1v) is 19.9. The fourth-order valence-electron chi connectivity index (χ4n) is 7.62. The van der Waals surface area contributed by atoms with Crippen LogP contribution >= 0.6 is 35.6 Å². The van der Waals surface area contributed by atoms with E-state index in [0.717, 1.165) is 77.6 Å². The van der Waals surface area contributed by atoms with Gasteiger partial charge in [0.25, 0.3) is 0 Å². The smallest absolute Gasteiger partial charge is 0.407 e. The van der Waals surface area contributed by atoms with Crippen molar-refractivity contribution < 1.29 is 9.53 Å². The average molecular weight is 850 g/mol. The van der Waals surface area contributed by atoms with E-state index in [1.165, 1.54) is 0 Å². The van der Waals surface area contributed by atoms with Crippen LogP contribution in [0, 0.1) is 0 Å². The summed E-state index contributed by atoms with van der Waals surface area (Å²) < 4.78 is 5.40. The number of carbonyl (C=O) groups excluding carboxylic acids is 1. The molecular formula is C41H51Cl3N12O2. The van der Waals surface area contributed by atoms with Crippen molar-refractivity contribution in [2.24, 2.45) is 5.73 Å². The lowest BCUT2D eigenvalue weighted by molar-refractivity contribution is 0.0476. The van der Waals surface area contributed by atoms with Crippen LogP contribution in [-0.2, 0) is 4.74 Å². The van der Waals surface area contributed by atoms with Crippen LogP contribution in [0.5, 0.6) is 0 Å². The van der Waals surface area contributed by atoms with Gasteiger partial charge in [-0.1, -0.05) is 59.6 Å². The van der Waals surface area contributed by atoms with Gasteiger partial charge in [-0.2, -0.15) is 0 Å². The summed E-state index contributed by atoms with van der Waals surface area (Å²) in [6, 6.07) is 16.5. The van der Waals surface area contributed by atoms with E-state index >= 15 is 0 Å². The molecule has 2 saturated heterocycles. The number of piperidine rings is 2. The number of anilines is 2. The number of likely N-dealkylation sites (N-methyl/N-ethyl adjacent to an activating group) is 2. The third-order valence-electron chi connectivity index (χ3n) is 9.86. The number of ether oxygens (including phenoxy) is 1. The van der Waals surface area contributed by atoms with Crippen LogP contribution in [0.4, 0.5) is 16.7 Å². The largest absolute Gasteiger partial charge is 0.444 e. The molecular weight excluding hydrogens is 799 g/mol. The Morgan fingerprint density at radius 2 is 1.22 bits per heavy atom. The van der Waals surface area contributed by atoms with Crippen LogP contribution in [0.2, 0.25) is 10.0 Å². The van der Waals surface area contributed by atoms with Gasteiger partial charge in [-0.15, -0.1) is 12.4 Å². The van der Waals surface area contributed by atoms with Crippen molar-refractivity contribution in [3.63, 3.8) is 0 Å². The molecule has 0 saturated carbocycles. The maximum atomic E-state index is 12.2. The maximum Gasteiger partial charge on any atom is 0.407 e. The fourth-order valence-corrected chi connectivity index (χ4v) is 8.01. The van der Waals surface area contributed by atoms with Gasteiger partial charge >= 0.3 is 6.09 Å². The minimum Gasteiger partial charge on any atom is -0.444 e. The van der Waals surface area contributed by atoms with Gasteiger partial charge < -0.3 is 46.2 Å². The molecule has 8 rings (SSSR count). The van der Waals surface area contributed by atoms with Crippen LogP contribution in [0.3, 0.4) is 0 Å². The highest BCUT2D eigenvalue weighted by Crippen LogP contribution is 2.34. The molecule has 2 aliphatic heterocycles. The Morgan fingerprint density at radius 3 is 1.72 bits per heavy atom. The van der Waals surface area contributed by atoms with E-state index in [9.17, 15) is 4.79 Å². The number of nitrogens with one attached hydrogen (secondary N) is 5. The molecule has 6 aromatic rings. The highest BCUT2D eigenvalue weighted by atomic mass is 35.5. The Balaban J connectivity index is 0.000000198. The topological polar surface area (TPSA) is 178 Å². The van der Waals surface area contributed by atoms with Gasteiger partial charge in [0, 0.05) is 95.7 Å². The highest BCUT2D eigenvalue weighted by molar-refractivity contribution is 6.33. The highest BCUT2D eigenvalue weighted by Gasteiger charge is 2.29. The number of hydrogen-bond acceptors (Lipinski definition) is 11. The van der Waals surface area contributed by atoms with E-state index in [1.54, 1.807) is 12.4 Å². The number of benzene rings is 2.